The second-order valence-electron chi connectivity index (χ2n) is 6.28. The van der Waals surface area contributed by atoms with Crippen molar-refractivity contribution in [1.82, 2.24) is 9.88 Å². The number of aryl methyl sites for hydroxylation is 1. The first-order valence-corrected chi connectivity index (χ1v) is 9.15. The number of rotatable bonds is 3. The maximum Gasteiger partial charge on any atom is 0.339 e. The van der Waals surface area contributed by atoms with Crippen molar-refractivity contribution in [1.29, 1.82) is 0 Å². The lowest BCUT2D eigenvalue weighted by Gasteiger charge is -2.33. The largest absolute Gasteiger partial charge is 0.465 e. The van der Waals surface area contributed by atoms with Crippen molar-refractivity contribution in [2.24, 2.45) is 0 Å². The molecular weight excluding hydrogens is 400 g/mol. The molecule has 0 saturated carbocycles. The summed E-state index contributed by atoms with van der Waals surface area (Å²) in [6.45, 7) is 4.97. The van der Waals surface area contributed by atoms with E-state index in [4.69, 9.17) is 9.47 Å². The molecule has 1 aliphatic heterocycles. The number of hydrogen-bond acceptors (Lipinski definition) is 4. The highest BCUT2D eigenvalue weighted by Gasteiger charge is 2.30. The Morgan fingerprint density at radius 3 is 2.62 bits per heavy atom. The number of ether oxygens (including phenoxy) is 2. The molecule has 1 fully saturated rings. The van der Waals surface area contributed by atoms with Gasteiger partial charge in [-0.15, -0.1) is 0 Å². The molecule has 2 aromatic rings. The van der Waals surface area contributed by atoms with E-state index in [0.29, 0.717) is 42.2 Å². The highest BCUT2D eigenvalue weighted by atomic mass is 79.9. The van der Waals surface area contributed by atoms with Crippen LogP contribution in [0.25, 0.3) is 0 Å². The third kappa shape index (κ3) is 3.54. The number of aromatic nitrogens is 1. The van der Waals surface area contributed by atoms with Crippen molar-refractivity contribution in [3.63, 3.8) is 0 Å². The molecule has 26 heavy (non-hydrogen) atoms. The Morgan fingerprint density at radius 1 is 1.27 bits per heavy atom. The van der Waals surface area contributed by atoms with Gasteiger partial charge in [-0.3, -0.25) is 4.79 Å². The fraction of sp³-hybridized carbons (Fsp3) is 0.368. The molecule has 7 heteroatoms. The summed E-state index contributed by atoms with van der Waals surface area (Å²) in [4.78, 5) is 29.8. The molecule has 6 nitrogen and oxygen atoms in total. The van der Waals surface area contributed by atoms with Gasteiger partial charge in [-0.2, -0.15) is 0 Å². The van der Waals surface area contributed by atoms with Crippen LogP contribution < -0.4 is 0 Å². The first-order chi connectivity index (χ1) is 12.4. The number of methoxy groups -OCH3 is 1. The normalized spacial score (nSPS) is 17.2. The van der Waals surface area contributed by atoms with Gasteiger partial charge in [0.25, 0.3) is 5.91 Å². The average molecular weight is 421 g/mol. The van der Waals surface area contributed by atoms with Crippen molar-refractivity contribution in [3.8, 4) is 0 Å². The molecule has 1 N–H and O–H groups in total. The topological polar surface area (TPSA) is 71.6 Å². The summed E-state index contributed by atoms with van der Waals surface area (Å²) in [6.07, 6.45) is -0.169. The number of nitrogens with zero attached hydrogens (tertiary/aromatic N) is 1. The zero-order chi connectivity index (χ0) is 18.8. The number of nitrogens with one attached hydrogen (secondary N) is 1. The van der Waals surface area contributed by atoms with E-state index in [1.165, 1.54) is 7.11 Å². The molecule has 1 aromatic carbocycles. The van der Waals surface area contributed by atoms with Gasteiger partial charge in [0.15, 0.2) is 0 Å². The maximum atomic E-state index is 13.0. The van der Waals surface area contributed by atoms with Crippen molar-refractivity contribution in [3.05, 3.63) is 56.8 Å². The molecule has 1 atom stereocenters. The van der Waals surface area contributed by atoms with Gasteiger partial charge in [-0.1, -0.05) is 28.1 Å². The molecule has 0 radical (unpaired) electrons. The number of carbonyl (C=O) groups excluding carboxylic acids is 2. The van der Waals surface area contributed by atoms with Crippen LogP contribution >= 0.6 is 15.9 Å². The van der Waals surface area contributed by atoms with Gasteiger partial charge in [0.1, 0.15) is 11.8 Å². The third-order valence-corrected chi connectivity index (χ3v) is 5.17. The maximum absolute atomic E-state index is 13.0. The zero-order valence-corrected chi connectivity index (χ0v) is 16.6. The fourth-order valence-electron chi connectivity index (χ4n) is 3.24. The number of esters is 1. The van der Waals surface area contributed by atoms with Gasteiger partial charge in [0.05, 0.1) is 25.8 Å². The number of morpholine rings is 1. The standard InChI is InChI=1S/C19H21BrN2O4/c1-11-16(19(24)25-3)12(2)21-17(11)18(23)22-8-9-26-15(10-22)13-4-6-14(20)7-5-13/h4-7,15,21H,8-10H2,1-3H3. The van der Waals surface area contributed by atoms with Crippen LogP contribution in [0.3, 0.4) is 0 Å². The highest BCUT2D eigenvalue weighted by molar-refractivity contribution is 9.10. The van der Waals surface area contributed by atoms with Crippen LogP contribution in [-0.4, -0.2) is 48.6 Å². The Balaban J connectivity index is 1.82. The molecular formula is C19H21BrN2O4. The zero-order valence-electron chi connectivity index (χ0n) is 15.0. The van der Waals surface area contributed by atoms with Gasteiger partial charge >= 0.3 is 5.97 Å². The van der Waals surface area contributed by atoms with Gasteiger partial charge < -0.3 is 19.4 Å². The van der Waals surface area contributed by atoms with Crippen molar-refractivity contribution in [2.45, 2.75) is 20.0 Å². The molecule has 1 aromatic heterocycles. The van der Waals surface area contributed by atoms with Crippen LogP contribution in [0.1, 0.15) is 43.8 Å². The van der Waals surface area contributed by atoms with Crippen molar-refractivity contribution >= 4 is 27.8 Å². The summed E-state index contributed by atoms with van der Waals surface area (Å²) >= 11 is 3.42. The summed E-state index contributed by atoms with van der Waals surface area (Å²) in [5, 5.41) is 0. The number of benzene rings is 1. The Labute approximate surface area is 160 Å². The number of aromatic amines is 1. The summed E-state index contributed by atoms with van der Waals surface area (Å²) in [6, 6.07) is 7.89. The lowest BCUT2D eigenvalue weighted by atomic mass is 10.1. The van der Waals surface area contributed by atoms with E-state index >= 15 is 0 Å². The fourth-order valence-corrected chi connectivity index (χ4v) is 3.51. The molecule has 0 bridgehead atoms. The van der Waals surface area contributed by atoms with Crippen LogP contribution in [-0.2, 0) is 9.47 Å². The lowest BCUT2D eigenvalue weighted by molar-refractivity contribution is -0.0230. The molecule has 1 saturated heterocycles. The van der Waals surface area contributed by atoms with Crippen LogP contribution in [0.5, 0.6) is 0 Å². The second kappa shape index (κ2) is 7.63. The van der Waals surface area contributed by atoms with Gasteiger partial charge in [-0.05, 0) is 37.1 Å². The van der Waals surface area contributed by atoms with E-state index < -0.39 is 5.97 Å². The molecule has 2 heterocycles. The van der Waals surface area contributed by atoms with E-state index in [0.717, 1.165) is 10.0 Å². The SMILES string of the molecule is COC(=O)c1c(C)[nH]c(C(=O)N2CCOC(c3ccc(Br)cc3)C2)c1C. The highest BCUT2D eigenvalue weighted by Crippen LogP contribution is 2.26. The molecule has 0 aliphatic carbocycles. The molecule has 1 amide bonds. The number of hydrogen-bond donors (Lipinski definition) is 1. The second-order valence-corrected chi connectivity index (χ2v) is 7.19. The van der Waals surface area contributed by atoms with E-state index in [1.54, 1.807) is 18.7 Å². The Kier molecular flexibility index (Phi) is 5.48. The molecule has 1 unspecified atom stereocenters. The van der Waals surface area contributed by atoms with Gasteiger partial charge in [-0.25, -0.2) is 4.79 Å². The summed E-state index contributed by atoms with van der Waals surface area (Å²) in [7, 11) is 1.33. The third-order valence-electron chi connectivity index (χ3n) is 4.64. The van der Waals surface area contributed by atoms with Crippen molar-refractivity contribution in [2.75, 3.05) is 26.8 Å². The summed E-state index contributed by atoms with van der Waals surface area (Å²) < 4.78 is 11.7. The monoisotopic (exact) mass is 420 g/mol. The minimum absolute atomic E-state index is 0.133. The quantitative estimate of drug-likeness (QED) is 0.772. The number of carbonyl (C=O) groups is 2. The van der Waals surface area contributed by atoms with Gasteiger partial charge in [0, 0.05) is 16.7 Å². The minimum Gasteiger partial charge on any atom is -0.465 e. The predicted octanol–water partition coefficient (Wildman–Crippen LogP) is 3.39. The van der Waals surface area contributed by atoms with Gasteiger partial charge in [0.2, 0.25) is 0 Å². The molecule has 0 spiro atoms. The van der Waals surface area contributed by atoms with E-state index in [2.05, 4.69) is 20.9 Å². The first-order valence-electron chi connectivity index (χ1n) is 8.36. The van der Waals surface area contributed by atoms with Crippen LogP contribution in [0.15, 0.2) is 28.7 Å². The predicted molar refractivity (Wildman–Crippen MR) is 100 cm³/mol. The Bertz CT molecular complexity index is 829. The van der Waals surface area contributed by atoms with E-state index in [1.807, 2.05) is 24.3 Å². The molecule has 3 rings (SSSR count). The first kappa shape index (κ1) is 18.7. The Hall–Kier alpha value is -2.12. The number of H-pyrrole nitrogens is 1. The molecule has 1 aliphatic rings. The van der Waals surface area contributed by atoms with Crippen molar-refractivity contribution < 1.29 is 19.1 Å². The molecule has 138 valence electrons. The smallest absolute Gasteiger partial charge is 0.339 e. The lowest BCUT2D eigenvalue weighted by Crippen LogP contribution is -2.42. The van der Waals surface area contributed by atoms with Crippen LogP contribution in [0, 0.1) is 13.8 Å². The van der Waals surface area contributed by atoms with Crippen LogP contribution in [0.4, 0.5) is 0 Å². The summed E-state index contributed by atoms with van der Waals surface area (Å²) in [5.41, 5.74) is 3.13. The number of amides is 1. The Morgan fingerprint density at radius 2 is 1.96 bits per heavy atom. The number of halogens is 1. The average Bonchev–Trinajstić information content (AvgIpc) is 2.95. The van der Waals surface area contributed by atoms with E-state index in [9.17, 15) is 9.59 Å². The van der Waals surface area contributed by atoms with Crippen LogP contribution in [0.2, 0.25) is 0 Å². The minimum atomic E-state index is -0.440. The van der Waals surface area contributed by atoms with E-state index in [-0.39, 0.29) is 12.0 Å². The summed E-state index contributed by atoms with van der Waals surface area (Å²) in [5.74, 6) is -0.573.